The zero-order valence-electron chi connectivity index (χ0n) is 13.3. The first-order valence-electron chi connectivity index (χ1n) is 7.47. The molecule has 1 amide bonds. The number of carbonyl (C=O) groups is 1. The molecular weight excluding hydrogens is 425 g/mol. The Bertz CT molecular complexity index is 940. The van der Waals surface area contributed by atoms with E-state index < -0.39 is 0 Å². The largest absolute Gasteiger partial charge is 0.304 e. The van der Waals surface area contributed by atoms with Crippen molar-refractivity contribution in [1.82, 2.24) is 9.78 Å². The van der Waals surface area contributed by atoms with Crippen molar-refractivity contribution in [3.05, 3.63) is 79.9 Å². The van der Waals surface area contributed by atoms with Crippen LogP contribution in [0, 0.1) is 6.92 Å². The summed E-state index contributed by atoms with van der Waals surface area (Å²) in [4.78, 5) is 12.4. The van der Waals surface area contributed by atoms with E-state index in [4.69, 9.17) is 23.2 Å². The summed E-state index contributed by atoms with van der Waals surface area (Å²) in [6, 6.07) is 12.7. The number of hydrogen-bond acceptors (Lipinski definition) is 2. The zero-order chi connectivity index (χ0) is 18.0. The van der Waals surface area contributed by atoms with Gasteiger partial charge in [0.15, 0.2) is 5.82 Å². The molecule has 0 atom stereocenters. The fourth-order valence-corrected chi connectivity index (χ4v) is 3.24. The predicted octanol–water partition coefficient (Wildman–Crippen LogP) is 5.56. The van der Waals surface area contributed by atoms with E-state index in [0.717, 1.165) is 11.1 Å². The average Bonchev–Trinajstić information content (AvgIpc) is 2.89. The molecule has 0 aliphatic rings. The SMILES string of the molecule is Cc1cccc(C(=O)Nc2nn(Cc3ccc(Cl)cc3Cl)cc2Br)c1. The van der Waals surface area contributed by atoms with Gasteiger partial charge in [-0.25, -0.2) is 0 Å². The summed E-state index contributed by atoms with van der Waals surface area (Å²) < 4.78 is 2.39. The van der Waals surface area contributed by atoms with Crippen LogP contribution >= 0.6 is 39.1 Å². The molecule has 0 saturated heterocycles. The van der Waals surface area contributed by atoms with Crippen molar-refractivity contribution in [3.8, 4) is 0 Å². The first-order chi connectivity index (χ1) is 11.9. The highest BCUT2D eigenvalue weighted by atomic mass is 79.9. The van der Waals surface area contributed by atoms with Crippen LogP contribution in [0.1, 0.15) is 21.5 Å². The van der Waals surface area contributed by atoms with E-state index in [2.05, 4.69) is 26.3 Å². The molecule has 0 unspecified atom stereocenters. The number of carbonyl (C=O) groups excluding carboxylic acids is 1. The molecule has 7 heteroatoms. The molecule has 4 nitrogen and oxygen atoms in total. The summed E-state index contributed by atoms with van der Waals surface area (Å²) in [5.74, 6) is 0.246. The number of anilines is 1. The van der Waals surface area contributed by atoms with Gasteiger partial charge in [-0.3, -0.25) is 9.48 Å². The van der Waals surface area contributed by atoms with Gasteiger partial charge in [0.1, 0.15) is 0 Å². The number of hydrogen-bond donors (Lipinski definition) is 1. The summed E-state index contributed by atoms with van der Waals surface area (Å²) in [6.07, 6.45) is 1.79. The van der Waals surface area contributed by atoms with Crippen LogP contribution in [0.4, 0.5) is 5.82 Å². The standard InChI is InChI=1S/C18H14BrCl2N3O/c1-11-3-2-4-12(7-11)18(25)22-17-15(19)10-24(23-17)9-13-5-6-14(20)8-16(13)21/h2-8,10H,9H2,1H3,(H,22,23,25). The molecular formula is C18H14BrCl2N3O. The van der Waals surface area contributed by atoms with Gasteiger partial charge in [-0.2, -0.15) is 5.10 Å². The van der Waals surface area contributed by atoms with Crippen LogP contribution in [0.5, 0.6) is 0 Å². The second kappa shape index (κ2) is 7.60. The first kappa shape index (κ1) is 18.0. The Morgan fingerprint density at radius 3 is 2.76 bits per heavy atom. The number of rotatable bonds is 4. The third-order valence-corrected chi connectivity index (χ3v) is 4.74. The van der Waals surface area contributed by atoms with Crippen LogP contribution in [0.25, 0.3) is 0 Å². The number of aryl methyl sites for hydroxylation is 1. The summed E-state index contributed by atoms with van der Waals surface area (Å²) in [5.41, 5.74) is 2.49. The van der Waals surface area contributed by atoms with Crippen molar-refractivity contribution in [1.29, 1.82) is 0 Å². The van der Waals surface area contributed by atoms with Gasteiger partial charge in [0.25, 0.3) is 5.91 Å². The van der Waals surface area contributed by atoms with Crippen molar-refractivity contribution < 1.29 is 4.79 Å². The first-order valence-corrected chi connectivity index (χ1v) is 9.02. The molecule has 0 aliphatic heterocycles. The lowest BCUT2D eigenvalue weighted by molar-refractivity contribution is 0.102. The Kier molecular flexibility index (Phi) is 5.47. The molecule has 1 heterocycles. The molecule has 1 aromatic heterocycles. The third kappa shape index (κ3) is 4.42. The maximum Gasteiger partial charge on any atom is 0.256 e. The van der Waals surface area contributed by atoms with Crippen molar-refractivity contribution in [3.63, 3.8) is 0 Å². The zero-order valence-corrected chi connectivity index (χ0v) is 16.4. The normalized spacial score (nSPS) is 10.7. The molecule has 2 aromatic carbocycles. The molecule has 0 fully saturated rings. The van der Waals surface area contributed by atoms with Gasteiger partial charge in [-0.1, -0.05) is 47.0 Å². The van der Waals surface area contributed by atoms with Crippen LogP contribution in [0.3, 0.4) is 0 Å². The smallest absolute Gasteiger partial charge is 0.256 e. The number of amides is 1. The lowest BCUT2D eigenvalue weighted by Crippen LogP contribution is -2.13. The maximum absolute atomic E-state index is 12.4. The third-order valence-electron chi connectivity index (χ3n) is 3.58. The van der Waals surface area contributed by atoms with Gasteiger partial charge in [-0.05, 0) is 52.7 Å². The Labute approximate surface area is 163 Å². The number of nitrogens with zero attached hydrogens (tertiary/aromatic N) is 2. The summed E-state index contributed by atoms with van der Waals surface area (Å²) in [5, 5.41) is 8.37. The Balaban J connectivity index is 1.77. The van der Waals surface area contributed by atoms with Crippen LogP contribution in [0.2, 0.25) is 10.0 Å². The second-order valence-electron chi connectivity index (χ2n) is 5.58. The van der Waals surface area contributed by atoms with Gasteiger partial charge in [0.05, 0.1) is 11.0 Å². The number of nitrogens with one attached hydrogen (secondary N) is 1. The highest BCUT2D eigenvalue weighted by Gasteiger charge is 2.13. The average molecular weight is 439 g/mol. The lowest BCUT2D eigenvalue weighted by atomic mass is 10.1. The molecule has 0 aliphatic carbocycles. The highest BCUT2D eigenvalue weighted by molar-refractivity contribution is 9.10. The van der Waals surface area contributed by atoms with Crippen molar-refractivity contribution in [2.75, 3.05) is 5.32 Å². The maximum atomic E-state index is 12.4. The molecule has 0 bridgehead atoms. The van der Waals surface area contributed by atoms with Crippen molar-refractivity contribution in [2.45, 2.75) is 13.5 Å². The quantitative estimate of drug-likeness (QED) is 0.579. The van der Waals surface area contributed by atoms with E-state index in [1.807, 2.05) is 31.2 Å². The van der Waals surface area contributed by atoms with Crippen LogP contribution in [-0.4, -0.2) is 15.7 Å². The minimum atomic E-state index is -0.209. The molecule has 0 saturated carbocycles. The van der Waals surface area contributed by atoms with Gasteiger partial charge >= 0.3 is 0 Å². The highest BCUT2D eigenvalue weighted by Crippen LogP contribution is 2.25. The molecule has 3 aromatic rings. The molecule has 0 radical (unpaired) electrons. The van der Waals surface area contributed by atoms with E-state index in [9.17, 15) is 4.79 Å². The summed E-state index contributed by atoms with van der Waals surface area (Å²) >= 11 is 15.5. The van der Waals surface area contributed by atoms with E-state index in [0.29, 0.717) is 32.4 Å². The van der Waals surface area contributed by atoms with Crippen LogP contribution in [0.15, 0.2) is 53.1 Å². The number of aromatic nitrogens is 2. The van der Waals surface area contributed by atoms with Gasteiger partial charge in [0.2, 0.25) is 0 Å². The summed E-state index contributed by atoms with van der Waals surface area (Å²) in [7, 11) is 0. The monoisotopic (exact) mass is 437 g/mol. The fourth-order valence-electron chi connectivity index (χ4n) is 2.35. The molecule has 128 valence electrons. The van der Waals surface area contributed by atoms with Crippen LogP contribution < -0.4 is 5.32 Å². The summed E-state index contributed by atoms with van der Waals surface area (Å²) in [6.45, 7) is 2.41. The van der Waals surface area contributed by atoms with Crippen LogP contribution in [-0.2, 0) is 6.54 Å². The minimum Gasteiger partial charge on any atom is -0.304 e. The van der Waals surface area contributed by atoms with Crippen molar-refractivity contribution >= 4 is 50.9 Å². The second-order valence-corrected chi connectivity index (χ2v) is 7.28. The molecule has 0 spiro atoms. The van der Waals surface area contributed by atoms with E-state index in [1.165, 1.54) is 0 Å². The van der Waals surface area contributed by atoms with Gasteiger partial charge in [0, 0.05) is 21.8 Å². The molecule has 3 rings (SSSR count). The van der Waals surface area contributed by atoms with E-state index in [1.54, 1.807) is 29.1 Å². The van der Waals surface area contributed by atoms with Gasteiger partial charge in [-0.15, -0.1) is 0 Å². The fraction of sp³-hybridized carbons (Fsp3) is 0.111. The number of halogens is 3. The van der Waals surface area contributed by atoms with Crippen molar-refractivity contribution in [2.24, 2.45) is 0 Å². The predicted molar refractivity (Wildman–Crippen MR) is 105 cm³/mol. The number of benzene rings is 2. The topological polar surface area (TPSA) is 46.9 Å². The molecule has 1 N–H and O–H groups in total. The lowest BCUT2D eigenvalue weighted by Gasteiger charge is -2.05. The Hall–Kier alpha value is -1.82. The Morgan fingerprint density at radius 2 is 2.04 bits per heavy atom. The van der Waals surface area contributed by atoms with E-state index >= 15 is 0 Å². The van der Waals surface area contributed by atoms with Gasteiger partial charge < -0.3 is 5.32 Å². The Morgan fingerprint density at radius 1 is 1.24 bits per heavy atom. The minimum absolute atomic E-state index is 0.209. The van der Waals surface area contributed by atoms with E-state index in [-0.39, 0.29) is 5.91 Å². The molecule has 25 heavy (non-hydrogen) atoms.